The summed E-state index contributed by atoms with van der Waals surface area (Å²) in [5.74, 6) is 1.48. The number of rotatable bonds is 6. The van der Waals surface area contributed by atoms with E-state index in [1.165, 1.54) is 11.1 Å². The summed E-state index contributed by atoms with van der Waals surface area (Å²) in [6.45, 7) is 4.33. The molecule has 0 radical (unpaired) electrons. The molecule has 1 aromatic carbocycles. The number of aliphatic hydroxyl groups is 1. The van der Waals surface area contributed by atoms with Crippen LogP contribution in [0.1, 0.15) is 42.7 Å². The average Bonchev–Trinajstić information content (AvgIpc) is 3.45. The Labute approximate surface area is 149 Å². The third kappa shape index (κ3) is 4.22. The summed E-state index contributed by atoms with van der Waals surface area (Å²) in [6, 6.07) is 6.50. The van der Waals surface area contributed by atoms with Gasteiger partial charge in [-0.05, 0) is 55.7 Å². The van der Waals surface area contributed by atoms with E-state index in [-0.39, 0.29) is 5.88 Å². The Hall–Kier alpha value is -1.26. The highest BCUT2D eigenvalue weighted by Gasteiger charge is 2.35. The van der Waals surface area contributed by atoms with Crippen LogP contribution in [0, 0.1) is 12.8 Å². The summed E-state index contributed by atoms with van der Waals surface area (Å²) in [5.41, 5.74) is 3.59. The number of anilines is 1. The van der Waals surface area contributed by atoms with Crippen LogP contribution < -0.4 is 5.32 Å². The lowest BCUT2D eigenvalue weighted by atomic mass is 9.88. The maximum atomic E-state index is 12.1. The van der Waals surface area contributed by atoms with Gasteiger partial charge in [-0.2, -0.15) is 0 Å². The zero-order valence-electron chi connectivity index (χ0n) is 14.3. The molecule has 1 amide bonds. The van der Waals surface area contributed by atoms with Crippen LogP contribution in [0.4, 0.5) is 5.69 Å². The van der Waals surface area contributed by atoms with Gasteiger partial charge in [0, 0.05) is 31.2 Å². The quantitative estimate of drug-likeness (QED) is 0.775. The van der Waals surface area contributed by atoms with Crippen molar-refractivity contribution in [2.24, 2.45) is 5.92 Å². The minimum atomic E-state index is -0.529. The predicted molar refractivity (Wildman–Crippen MR) is 97.7 cm³/mol. The molecule has 0 aromatic heterocycles. The molecule has 1 atom stereocenters. The molecule has 4 nitrogen and oxygen atoms in total. The lowest BCUT2D eigenvalue weighted by Gasteiger charge is -2.32. The van der Waals surface area contributed by atoms with E-state index in [9.17, 15) is 9.90 Å². The Balaban J connectivity index is 1.55. The Bertz CT molecular complexity index is 581. The van der Waals surface area contributed by atoms with Crippen molar-refractivity contribution >= 4 is 23.2 Å². The van der Waals surface area contributed by atoms with Gasteiger partial charge in [0.05, 0.1) is 12.0 Å². The molecule has 0 bridgehead atoms. The number of likely N-dealkylation sites (tertiary alicyclic amines) is 1. The molecule has 1 saturated heterocycles. The number of hydrogen-bond acceptors (Lipinski definition) is 3. The summed E-state index contributed by atoms with van der Waals surface area (Å²) < 4.78 is 0. The number of halogens is 1. The van der Waals surface area contributed by atoms with E-state index in [1.54, 1.807) is 0 Å². The maximum absolute atomic E-state index is 12.1. The second-order valence-corrected chi connectivity index (χ2v) is 7.45. The van der Waals surface area contributed by atoms with Crippen molar-refractivity contribution in [2.75, 3.05) is 30.8 Å². The fourth-order valence-electron chi connectivity index (χ4n) is 3.44. The first-order valence-electron chi connectivity index (χ1n) is 8.95. The molecule has 1 aliphatic carbocycles. The first-order valence-corrected chi connectivity index (χ1v) is 9.49. The Kier molecular flexibility index (Phi) is 5.67. The number of nitrogens with zero attached hydrogens (tertiary/aromatic N) is 1. The van der Waals surface area contributed by atoms with E-state index in [2.05, 4.69) is 35.3 Å². The molecule has 5 heteroatoms. The lowest BCUT2D eigenvalue weighted by molar-refractivity contribution is -0.133. The number of carbonyl (C=O) groups excluding carboxylic acids is 1. The molecule has 24 heavy (non-hydrogen) atoms. The van der Waals surface area contributed by atoms with Gasteiger partial charge in [-0.3, -0.25) is 4.79 Å². The fraction of sp³-hybridized carbons (Fsp3) is 0.632. The SMILES string of the molecule is Cc1cc(C2CCN(C(=O)C3CC3)CC2)ccc1NCC(O)CCl. The highest BCUT2D eigenvalue weighted by molar-refractivity contribution is 6.18. The maximum Gasteiger partial charge on any atom is 0.225 e. The lowest BCUT2D eigenvalue weighted by Crippen LogP contribution is -2.38. The minimum Gasteiger partial charge on any atom is -0.390 e. The van der Waals surface area contributed by atoms with Crippen molar-refractivity contribution < 1.29 is 9.90 Å². The van der Waals surface area contributed by atoms with Crippen molar-refractivity contribution in [1.29, 1.82) is 0 Å². The van der Waals surface area contributed by atoms with Gasteiger partial charge in [0.1, 0.15) is 0 Å². The van der Waals surface area contributed by atoms with Gasteiger partial charge in [-0.1, -0.05) is 12.1 Å². The predicted octanol–water partition coefficient (Wildman–Crippen LogP) is 3.12. The molecular formula is C19H27ClN2O2. The fourth-order valence-corrected chi connectivity index (χ4v) is 3.55. The van der Waals surface area contributed by atoms with Gasteiger partial charge in [0.15, 0.2) is 0 Å². The molecule has 132 valence electrons. The zero-order valence-corrected chi connectivity index (χ0v) is 15.1. The van der Waals surface area contributed by atoms with Crippen molar-refractivity contribution in [2.45, 2.75) is 44.6 Å². The molecule has 1 aromatic rings. The van der Waals surface area contributed by atoms with Crippen LogP contribution in [-0.4, -0.2) is 47.5 Å². The zero-order chi connectivity index (χ0) is 17.1. The third-order valence-corrected chi connectivity index (χ3v) is 5.52. The molecular weight excluding hydrogens is 324 g/mol. The van der Waals surface area contributed by atoms with E-state index in [0.717, 1.165) is 44.5 Å². The molecule has 2 N–H and O–H groups in total. The summed E-state index contributed by atoms with van der Waals surface area (Å²) in [5, 5.41) is 12.8. The van der Waals surface area contributed by atoms with Crippen molar-refractivity contribution in [3.8, 4) is 0 Å². The van der Waals surface area contributed by atoms with Crippen molar-refractivity contribution in [1.82, 2.24) is 4.90 Å². The monoisotopic (exact) mass is 350 g/mol. The minimum absolute atomic E-state index is 0.238. The smallest absolute Gasteiger partial charge is 0.225 e. The van der Waals surface area contributed by atoms with Crippen LogP contribution in [0.5, 0.6) is 0 Å². The van der Waals surface area contributed by atoms with E-state index in [4.69, 9.17) is 11.6 Å². The van der Waals surface area contributed by atoms with Crippen LogP contribution in [-0.2, 0) is 4.79 Å². The molecule has 1 heterocycles. The number of aliphatic hydroxyl groups excluding tert-OH is 1. The van der Waals surface area contributed by atoms with Gasteiger partial charge < -0.3 is 15.3 Å². The Morgan fingerprint density at radius 2 is 2.04 bits per heavy atom. The number of amides is 1. The van der Waals surface area contributed by atoms with Crippen molar-refractivity contribution in [3.63, 3.8) is 0 Å². The number of aryl methyl sites for hydroxylation is 1. The number of alkyl halides is 1. The Morgan fingerprint density at radius 3 is 2.62 bits per heavy atom. The summed E-state index contributed by atoms with van der Waals surface area (Å²) in [6.07, 6.45) is 3.75. The van der Waals surface area contributed by atoms with Gasteiger partial charge in [0.2, 0.25) is 5.91 Å². The third-order valence-electron chi connectivity index (χ3n) is 5.16. The molecule has 3 rings (SSSR count). The molecule has 2 aliphatic rings. The standard InChI is InChI=1S/C19H27ClN2O2/c1-13-10-16(4-5-18(13)21-12-17(23)11-20)14-6-8-22(9-7-14)19(24)15-2-3-15/h4-5,10,14-15,17,21,23H,2-3,6-9,11-12H2,1H3. The van der Waals surface area contributed by atoms with Crippen LogP contribution in [0.25, 0.3) is 0 Å². The van der Waals surface area contributed by atoms with Crippen LogP contribution in [0.2, 0.25) is 0 Å². The molecule has 1 saturated carbocycles. The molecule has 0 spiro atoms. The van der Waals surface area contributed by atoms with Crippen molar-refractivity contribution in [3.05, 3.63) is 29.3 Å². The number of hydrogen-bond donors (Lipinski definition) is 2. The molecule has 2 fully saturated rings. The Morgan fingerprint density at radius 1 is 1.33 bits per heavy atom. The normalized spacial score (nSPS) is 20.0. The molecule has 1 aliphatic heterocycles. The summed E-state index contributed by atoms with van der Waals surface area (Å²) >= 11 is 5.62. The summed E-state index contributed by atoms with van der Waals surface area (Å²) in [7, 11) is 0. The number of carbonyl (C=O) groups is 1. The topological polar surface area (TPSA) is 52.6 Å². The van der Waals surface area contributed by atoms with E-state index < -0.39 is 6.10 Å². The molecule has 1 unspecified atom stereocenters. The number of nitrogens with one attached hydrogen (secondary N) is 1. The second-order valence-electron chi connectivity index (χ2n) is 7.14. The second kappa shape index (κ2) is 7.75. The van der Waals surface area contributed by atoms with Gasteiger partial charge >= 0.3 is 0 Å². The van der Waals surface area contributed by atoms with Gasteiger partial charge in [-0.15, -0.1) is 11.6 Å². The first kappa shape index (κ1) is 17.6. The van der Waals surface area contributed by atoms with Gasteiger partial charge in [-0.25, -0.2) is 0 Å². The highest BCUT2D eigenvalue weighted by atomic mass is 35.5. The number of benzene rings is 1. The summed E-state index contributed by atoms with van der Waals surface area (Å²) in [4.78, 5) is 14.2. The van der Waals surface area contributed by atoms with Crippen LogP contribution in [0.3, 0.4) is 0 Å². The highest BCUT2D eigenvalue weighted by Crippen LogP contribution is 2.35. The van der Waals surface area contributed by atoms with Crippen LogP contribution >= 0.6 is 11.6 Å². The largest absolute Gasteiger partial charge is 0.390 e. The average molecular weight is 351 g/mol. The van der Waals surface area contributed by atoms with E-state index in [0.29, 0.717) is 24.3 Å². The van der Waals surface area contributed by atoms with E-state index >= 15 is 0 Å². The first-order chi connectivity index (χ1) is 11.6. The van der Waals surface area contributed by atoms with Gasteiger partial charge in [0.25, 0.3) is 0 Å². The van der Waals surface area contributed by atoms with E-state index in [1.807, 2.05) is 0 Å². The number of piperidine rings is 1. The van der Waals surface area contributed by atoms with Crippen LogP contribution in [0.15, 0.2) is 18.2 Å².